The van der Waals surface area contributed by atoms with Gasteiger partial charge >= 0.3 is 0 Å². The summed E-state index contributed by atoms with van der Waals surface area (Å²) >= 11 is 0. The number of ketones is 1. The number of aliphatic hydroxyl groups excluding tert-OH is 1. The lowest BCUT2D eigenvalue weighted by atomic mass is 9.99. The molecule has 150 valence electrons. The summed E-state index contributed by atoms with van der Waals surface area (Å²) in [6.45, 7) is 9.05. The van der Waals surface area contributed by atoms with Crippen LogP contribution in [0, 0.1) is 6.92 Å². The summed E-state index contributed by atoms with van der Waals surface area (Å²) in [4.78, 5) is 29.5. The second-order valence-electron chi connectivity index (χ2n) is 6.80. The molecule has 0 fully saturated rings. The maximum atomic E-state index is 12.9. The number of carbonyl (C=O) groups is 2. The highest BCUT2D eigenvalue weighted by Gasteiger charge is 2.45. The van der Waals surface area contributed by atoms with E-state index in [1.165, 1.54) is 17.2 Å². The van der Waals surface area contributed by atoms with E-state index in [9.17, 15) is 14.7 Å². The lowest BCUT2D eigenvalue weighted by molar-refractivity contribution is -0.129. The normalized spacial score (nSPS) is 17.2. The van der Waals surface area contributed by atoms with Gasteiger partial charge in [-0.15, -0.1) is 0 Å². The SMILES string of the molecule is CCN(CC)CCCN1C(=O)C(O)=C(C(=O)c2ccco2)[C@@H]1c1ccc(C)o1. The molecular formula is C21H26N2O5. The largest absolute Gasteiger partial charge is 0.503 e. The number of aliphatic hydroxyl groups is 1. The Labute approximate surface area is 164 Å². The van der Waals surface area contributed by atoms with Crippen LogP contribution in [0.1, 0.15) is 48.4 Å². The number of carbonyl (C=O) groups excluding carboxylic acids is 2. The first-order valence-corrected chi connectivity index (χ1v) is 9.58. The van der Waals surface area contributed by atoms with Crippen LogP contribution in [0.3, 0.4) is 0 Å². The Balaban J connectivity index is 1.90. The molecule has 2 aromatic heterocycles. The van der Waals surface area contributed by atoms with E-state index in [0.717, 1.165) is 26.1 Å². The molecule has 7 heteroatoms. The predicted molar refractivity (Wildman–Crippen MR) is 103 cm³/mol. The minimum Gasteiger partial charge on any atom is -0.503 e. The smallest absolute Gasteiger partial charge is 0.290 e. The second kappa shape index (κ2) is 8.48. The van der Waals surface area contributed by atoms with Crippen molar-refractivity contribution < 1.29 is 23.5 Å². The number of hydrogen-bond acceptors (Lipinski definition) is 6. The summed E-state index contributed by atoms with van der Waals surface area (Å²) in [7, 11) is 0. The number of aryl methyl sites for hydroxylation is 1. The number of amides is 1. The van der Waals surface area contributed by atoms with E-state index >= 15 is 0 Å². The quantitative estimate of drug-likeness (QED) is 0.664. The molecule has 1 aliphatic rings. The van der Waals surface area contributed by atoms with Crippen LogP contribution in [-0.4, -0.2) is 52.8 Å². The van der Waals surface area contributed by atoms with Crippen LogP contribution in [0.5, 0.6) is 0 Å². The van der Waals surface area contributed by atoms with Gasteiger partial charge in [-0.2, -0.15) is 0 Å². The second-order valence-corrected chi connectivity index (χ2v) is 6.80. The topological polar surface area (TPSA) is 87.1 Å². The number of rotatable bonds is 9. The Bertz CT molecular complexity index is 861. The van der Waals surface area contributed by atoms with Gasteiger partial charge in [-0.1, -0.05) is 13.8 Å². The Morgan fingerprint density at radius 1 is 1.25 bits per heavy atom. The summed E-state index contributed by atoms with van der Waals surface area (Å²) in [5, 5.41) is 10.5. The van der Waals surface area contributed by atoms with E-state index in [1.807, 2.05) is 0 Å². The van der Waals surface area contributed by atoms with Crippen molar-refractivity contribution in [2.24, 2.45) is 0 Å². The molecule has 1 aliphatic heterocycles. The third kappa shape index (κ3) is 3.75. The third-order valence-electron chi connectivity index (χ3n) is 5.09. The van der Waals surface area contributed by atoms with Crippen LogP contribution < -0.4 is 0 Å². The van der Waals surface area contributed by atoms with E-state index in [-0.39, 0.29) is 11.3 Å². The van der Waals surface area contributed by atoms with Gasteiger partial charge in [0.2, 0.25) is 5.78 Å². The molecule has 0 saturated carbocycles. The maximum absolute atomic E-state index is 12.9. The molecule has 1 amide bonds. The Hall–Kier alpha value is -2.80. The molecule has 2 aromatic rings. The zero-order valence-corrected chi connectivity index (χ0v) is 16.5. The third-order valence-corrected chi connectivity index (χ3v) is 5.09. The van der Waals surface area contributed by atoms with Crippen LogP contribution in [0.25, 0.3) is 0 Å². The van der Waals surface area contributed by atoms with Crippen molar-refractivity contribution in [1.82, 2.24) is 9.80 Å². The standard InChI is InChI=1S/C21H26N2O5/c1-4-22(5-2)11-7-12-23-18(15-10-9-14(3)28-15)17(20(25)21(23)26)19(24)16-8-6-13-27-16/h6,8-10,13,18,25H,4-5,7,11-12H2,1-3H3/t18-/m0/s1. The summed E-state index contributed by atoms with van der Waals surface area (Å²) in [6, 6.07) is 5.85. The highest BCUT2D eigenvalue weighted by Crippen LogP contribution is 2.39. The van der Waals surface area contributed by atoms with E-state index < -0.39 is 23.5 Å². The van der Waals surface area contributed by atoms with Crippen molar-refractivity contribution in [1.29, 1.82) is 0 Å². The first-order valence-electron chi connectivity index (χ1n) is 9.58. The highest BCUT2D eigenvalue weighted by molar-refractivity contribution is 6.14. The molecule has 7 nitrogen and oxygen atoms in total. The number of hydrogen-bond donors (Lipinski definition) is 1. The van der Waals surface area contributed by atoms with Crippen molar-refractivity contribution >= 4 is 11.7 Å². The molecule has 0 spiro atoms. The molecule has 0 radical (unpaired) electrons. The first kappa shape index (κ1) is 19.9. The molecule has 0 unspecified atom stereocenters. The van der Waals surface area contributed by atoms with Crippen molar-refractivity contribution in [3.8, 4) is 0 Å². The Kier molecular flexibility index (Phi) is 6.04. The molecular weight excluding hydrogens is 360 g/mol. The molecule has 0 aliphatic carbocycles. The van der Waals surface area contributed by atoms with Gasteiger partial charge in [0.25, 0.3) is 5.91 Å². The molecule has 0 bridgehead atoms. The number of Topliss-reactive ketones (excluding diaryl/α,β-unsaturated/α-hetero) is 1. The Morgan fingerprint density at radius 2 is 2.00 bits per heavy atom. The maximum Gasteiger partial charge on any atom is 0.290 e. The lowest BCUT2D eigenvalue weighted by Gasteiger charge is -2.26. The summed E-state index contributed by atoms with van der Waals surface area (Å²) in [6.07, 6.45) is 2.11. The minimum atomic E-state index is -0.768. The van der Waals surface area contributed by atoms with Crippen LogP contribution in [0.2, 0.25) is 0 Å². The zero-order valence-electron chi connectivity index (χ0n) is 16.5. The fraction of sp³-hybridized carbons (Fsp3) is 0.429. The van der Waals surface area contributed by atoms with Gasteiger partial charge in [0, 0.05) is 6.54 Å². The molecule has 0 aromatic carbocycles. The zero-order chi connectivity index (χ0) is 20.3. The molecule has 0 saturated heterocycles. The number of nitrogens with zero attached hydrogens (tertiary/aromatic N) is 2. The molecule has 1 atom stereocenters. The van der Waals surface area contributed by atoms with E-state index in [1.54, 1.807) is 25.1 Å². The van der Waals surface area contributed by atoms with Gasteiger partial charge in [-0.3, -0.25) is 9.59 Å². The van der Waals surface area contributed by atoms with Crippen LogP contribution in [0.4, 0.5) is 0 Å². The summed E-state index contributed by atoms with van der Waals surface area (Å²) < 4.78 is 10.9. The summed E-state index contributed by atoms with van der Waals surface area (Å²) in [5.74, 6) is -0.417. The minimum absolute atomic E-state index is 0.00265. The lowest BCUT2D eigenvalue weighted by Crippen LogP contribution is -2.34. The summed E-state index contributed by atoms with van der Waals surface area (Å²) in [5.41, 5.74) is -0.00265. The van der Waals surface area contributed by atoms with Gasteiger partial charge in [-0.05, 0) is 57.2 Å². The van der Waals surface area contributed by atoms with Crippen molar-refractivity contribution in [2.45, 2.75) is 33.2 Å². The van der Waals surface area contributed by atoms with Gasteiger partial charge < -0.3 is 23.7 Å². The predicted octanol–water partition coefficient (Wildman–Crippen LogP) is 3.49. The fourth-order valence-corrected chi connectivity index (χ4v) is 3.56. The van der Waals surface area contributed by atoms with Gasteiger partial charge in [0.15, 0.2) is 11.5 Å². The van der Waals surface area contributed by atoms with Crippen LogP contribution >= 0.6 is 0 Å². The monoisotopic (exact) mass is 386 g/mol. The first-order chi connectivity index (χ1) is 13.5. The van der Waals surface area contributed by atoms with E-state index in [2.05, 4.69) is 18.7 Å². The van der Waals surface area contributed by atoms with Gasteiger partial charge in [-0.25, -0.2) is 0 Å². The van der Waals surface area contributed by atoms with Crippen LogP contribution in [-0.2, 0) is 4.79 Å². The van der Waals surface area contributed by atoms with Gasteiger partial charge in [0.1, 0.15) is 17.6 Å². The highest BCUT2D eigenvalue weighted by atomic mass is 16.3. The number of furan rings is 2. The van der Waals surface area contributed by atoms with E-state index in [0.29, 0.717) is 18.1 Å². The average Bonchev–Trinajstić information content (AvgIpc) is 3.41. The molecule has 3 rings (SSSR count). The van der Waals surface area contributed by atoms with Gasteiger partial charge in [0.05, 0.1) is 11.8 Å². The molecule has 28 heavy (non-hydrogen) atoms. The Morgan fingerprint density at radius 3 is 2.57 bits per heavy atom. The van der Waals surface area contributed by atoms with Crippen molar-refractivity contribution in [2.75, 3.05) is 26.2 Å². The average molecular weight is 386 g/mol. The van der Waals surface area contributed by atoms with Crippen molar-refractivity contribution in [3.63, 3.8) is 0 Å². The van der Waals surface area contributed by atoms with E-state index in [4.69, 9.17) is 8.83 Å². The van der Waals surface area contributed by atoms with Crippen LogP contribution in [0.15, 0.2) is 50.7 Å². The fourth-order valence-electron chi connectivity index (χ4n) is 3.56. The molecule has 3 heterocycles. The molecule has 1 N–H and O–H groups in total. The van der Waals surface area contributed by atoms with Crippen molar-refractivity contribution in [3.05, 3.63) is 59.1 Å².